The summed E-state index contributed by atoms with van der Waals surface area (Å²) < 4.78 is 45.4. The fourth-order valence-corrected chi connectivity index (χ4v) is 2.66. The van der Waals surface area contributed by atoms with Crippen LogP contribution in [0.3, 0.4) is 0 Å². The van der Waals surface area contributed by atoms with Gasteiger partial charge in [-0.05, 0) is 55.5 Å². The minimum atomic E-state index is -4.57. The van der Waals surface area contributed by atoms with Crippen LogP contribution in [-0.2, 0) is 6.18 Å². The van der Waals surface area contributed by atoms with Gasteiger partial charge in [0.1, 0.15) is 11.4 Å². The molecular weight excluding hydrogens is 373 g/mol. The number of carbonyl (C=O) groups excluding carboxylic acids is 1. The summed E-state index contributed by atoms with van der Waals surface area (Å²) in [7, 11) is 1.52. The minimum absolute atomic E-state index is 0.0427. The van der Waals surface area contributed by atoms with Gasteiger partial charge in [-0.25, -0.2) is 4.68 Å². The number of amides is 1. The summed E-state index contributed by atoms with van der Waals surface area (Å²) in [6.07, 6.45) is -4.57. The number of rotatable bonds is 4. The number of hydrogen-bond acceptors (Lipinski definition) is 4. The molecule has 0 aliphatic carbocycles. The molecule has 0 unspecified atom stereocenters. The zero-order valence-corrected chi connectivity index (χ0v) is 15.0. The number of nitrogens with two attached hydrogens (primary N) is 1. The lowest BCUT2D eigenvalue weighted by molar-refractivity contribution is -0.142. The Hall–Kier alpha value is -3.49. The minimum Gasteiger partial charge on any atom is -0.497 e. The van der Waals surface area contributed by atoms with Crippen LogP contribution in [0.15, 0.2) is 48.5 Å². The lowest BCUT2D eigenvalue weighted by Gasteiger charge is -2.13. The van der Waals surface area contributed by atoms with E-state index in [2.05, 4.69) is 10.4 Å². The highest BCUT2D eigenvalue weighted by atomic mass is 19.4. The number of anilines is 2. The van der Waals surface area contributed by atoms with E-state index in [1.807, 2.05) is 0 Å². The highest BCUT2D eigenvalue weighted by Gasteiger charge is 2.36. The van der Waals surface area contributed by atoms with Crippen LogP contribution in [0.5, 0.6) is 5.75 Å². The van der Waals surface area contributed by atoms with Crippen LogP contribution in [0.2, 0.25) is 0 Å². The predicted molar refractivity (Wildman–Crippen MR) is 98.7 cm³/mol. The average molecular weight is 390 g/mol. The molecule has 0 aliphatic rings. The first-order valence-corrected chi connectivity index (χ1v) is 8.18. The van der Waals surface area contributed by atoms with E-state index in [4.69, 9.17) is 10.5 Å². The predicted octanol–water partition coefficient (Wildman–Crippen LogP) is 4.04. The summed E-state index contributed by atoms with van der Waals surface area (Å²) in [4.78, 5) is 12.3. The van der Waals surface area contributed by atoms with E-state index < -0.39 is 11.9 Å². The van der Waals surface area contributed by atoms with Crippen LogP contribution >= 0.6 is 0 Å². The van der Waals surface area contributed by atoms with Gasteiger partial charge in [0.05, 0.1) is 24.2 Å². The van der Waals surface area contributed by atoms with Gasteiger partial charge >= 0.3 is 6.18 Å². The topological polar surface area (TPSA) is 82.2 Å². The van der Waals surface area contributed by atoms with Crippen LogP contribution in [-0.4, -0.2) is 22.8 Å². The van der Waals surface area contributed by atoms with Crippen LogP contribution in [0.25, 0.3) is 5.69 Å². The van der Waals surface area contributed by atoms with Gasteiger partial charge in [-0.2, -0.15) is 18.3 Å². The summed E-state index contributed by atoms with van der Waals surface area (Å²) in [6.45, 7) is 1.46. The molecule has 0 aliphatic heterocycles. The van der Waals surface area contributed by atoms with E-state index in [-0.39, 0.29) is 23.0 Å². The number of methoxy groups -OCH3 is 1. The van der Waals surface area contributed by atoms with Gasteiger partial charge in [0.15, 0.2) is 0 Å². The third kappa shape index (κ3) is 3.93. The second kappa shape index (κ2) is 7.26. The summed E-state index contributed by atoms with van der Waals surface area (Å²) in [5.41, 5.74) is 6.07. The van der Waals surface area contributed by atoms with Crippen LogP contribution < -0.4 is 15.8 Å². The fourth-order valence-electron chi connectivity index (χ4n) is 2.66. The van der Waals surface area contributed by atoms with Crippen molar-refractivity contribution in [3.8, 4) is 11.4 Å². The molecule has 0 spiro atoms. The molecule has 1 heterocycles. The summed E-state index contributed by atoms with van der Waals surface area (Å²) in [6, 6.07) is 11.6. The third-order valence-corrected chi connectivity index (χ3v) is 3.99. The number of alkyl halides is 3. The molecule has 0 saturated heterocycles. The number of nitrogens with one attached hydrogen (secondary N) is 1. The molecule has 2 aromatic carbocycles. The lowest BCUT2D eigenvalue weighted by atomic mass is 10.2. The standard InChI is InChI=1S/C19H17F3N4O2/c1-11-9-17(19(20,21)22)26(25-11)16-8-5-13(10-15(16)23)24-18(27)12-3-6-14(28-2)7-4-12/h3-10H,23H2,1-2H3,(H,24,27). The Kier molecular flexibility index (Phi) is 5.00. The highest BCUT2D eigenvalue weighted by Crippen LogP contribution is 2.33. The maximum absolute atomic E-state index is 13.2. The molecular formula is C19H17F3N4O2. The SMILES string of the molecule is COc1ccc(C(=O)Nc2ccc(-n3nc(C)cc3C(F)(F)F)c(N)c2)cc1. The van der Waals surface area contributed by atoms with Crippen molar-refractivity contribution in [3.05, 3.63) is 65.5 Å². The Balaban J connectivity index is 1.86. The van der Waals surface area contributed by atoms with Crippen LogP contribution in [0, 0.1) is 6.92 Å². The van der Waals surface area contributed by atoms with E-state index in [1.165, 1.54) is 32.2 Å². The van der Waals surface area contributed by atoms with Crippen molar-refractivity contribution >= 4 is 17.3 Å². The number of nitrogen functional groups attached to an aromatic ring is 1. The lowest BCUT2D eigenvalue weighted by Crippen LogP contribution is -2.15. The van der Waals surface area contributed by atoms with Crippen LogP contribution in [0.1, 0.15) is 21.7 Å². The van der Waals surface area contributed by atoms with E-state index in [0.717, 1.165) is 10.7 Å². The highest BCUT2D eigenvalue weighted by molar-refractivity contribution is 6.04. The molecule has 0 bridgehead atoms. The number of carbonyl (C=O) groups is 1. The summed E-state index contributed by atoms with van der Waals surface area (Å²) in [5, 5.41) is 6.53. The smallest absolute Gasteiger partial charge is 0.433 e. The molecule has 3 N–H and O–H groups in total. The number of hydrogen-bond donors (Lipinski definition) is 2. The molecule has 146 valence electrons. The van der Waals surface area contributed by atoms with E-state index >= 15 is 0 Å². The largest absolute Gasteiger partial charge is 0.497 e. The fraction of sp³-hybridized carbons (Fsp3) is 0.158. The first-order chi connectivity index (χ1) is 13.2. The van der Waals surface area contributed by atoms with E-state index in [1.54, 1.807) is 24.3 Å². The van der Waals surface area contributed by atoms with Crippen molar-refractivity contribution < 1.29 is 22.7 Å². The quantitative estimate of drug-likeness (QED) is 0.659. The molecule has 0 fully saturated rings. The number of aromatic nitrogens is 2. The van der Waals surface area contributed by atoms with Crippen molar-refractivity contribution in [2.75, 3.05) is 18.2 Å². The second-order valence-corrected chi connectivity index (χ2v) is 6.04. The maximum atomic E-state index is 13.2. The Morgan fingerprint density at radius 3 is 2.39 bits per heavy atom. The Labute approximate surface area is 158 Å². The van der Waals surface area contributed by atoms with Gasteiger partial charge in [0.25, 0.3) is 5.91 Å². The zero-order valence-electron chi connectivity index (χ0n) is 15.0. The monoisotopic (exact) mass is 390 g/mol. The van der Waals surface area contributed by atoms with Gasteiger partial charge in [0.2, 0.25) is 0 Å². The van der Waals surface area contributed by atoms with Crippen molar-refractivity contribution in [3.63, 3.8) is 0 Å². The summed E-state index contributed by atoms with van der Waals surface area (Å²) in [5.74, 6) is 0.223. The number of benzene rings is 2. The Morgan fingerprint density at radius 2 is 1.82 bits per heavy atom. The van der Waals surface area contributed by atoms with Gasteiger partial charge in [-0.3, -0.25) is 4.79 Å². The van der Waals surface area contributed by atoms with Crippen molar-refractivity contribution in [1.29, 1.82) is 0 Å². The van der Waals surface area contributed by atoms with Gasteiger partial charge in [-0.15, -0.1) is 0 Å². The maximum Gasteiger partial charge on any atom is 0.433 e. The second-order valence-electron chi connectivity index (χ2n) is 6.04. The molecule has 0 saturated carbocycles. The molecule has 9 heteroatoms. The molecule has 1 amide bonds. The molecule has 6 nitrogen and oxygen atoms in total. The van der Waals surface area contributed by atoms with Crippen molar-refractivity contribution in [2.24, 2.45) is 0 Å². The average Bonchev–Trinajstić information content (AvgIpc) is 3.04. The normalized spacial score (nSPS) is 11.3. The number of halogens is 3. The molecule has 3 aromatic rings. The van der Waals surface area contributed by atoms with E-state index in [9.17, 15) is 18.0 Å². The molecule has 0 atom stereocenters. The first kappa shape index (κ1) is 19.3. The number of nitrogens with zero attached hydrogens (tertiary/aromatic N) is 2. The van der Waals surface area contributed by atoms with Gasteiger partial charge in [-0.1, -0.05) is 0 Å². The van der Waals surface area contributed by atoms with Crippen LogP contribution in [0.4, 0.5) is 24.5 Å². The summed E-state index contributed by atoms with van der Waals surface area (Å²) >= 11 is 0. The molecule has 3 rings (SSSR count). The van der Waals surface area contributed by atoms with Crippen molar-refractivity contribution in [1.82, 2.24) is 9.78 Å². The molecule has 0 radical (unpaired) electrons. The zero-order chi connectivity index (χ0) is 20.5. The number of aryl methyl sites for hydroxylation is 1. The molecule has 1 aromatic heterocycles. The van der Waals surface area contributed by atoms with Crippen molar-refractivity contribution in [2.45, 2.75) is 13.1 Å². The Bertz CT molecular complexity index is 1010. The van der Waals surface area contributed by atoms with Gasteiger partial charge < -0.3 is 15.8 Å². The number of ether oxygens (including phenoxy) is 1. The first-order valence-electron chi connectivity index (χ1n) is 8.18. The van der Waals surface area contributed by atoms with E-state index in [0.29, 0.717) is 17.0 Å². The molecule has 28 heavy (non-hydrogen) atoms. The Morgan fingerprint density at radius 1 is 1.14 bits per heavy atom. The third-order valence-electron chi connectivity index (χ3n) is 3.99. The van der Waals surface area contributed by atoms with Gasteiger partial charge in [0, 0.05) is 11.3 Å².